The highest BCUT2D eigenvalue weighted by Gasteiger charge is 2.29. The van der Waals surface area contributed by atoms with Gasteiger partial charge in [0.15, 0.2) is 0 Å². The SMILES string of the molecule is O=c1cc(Nc2ccc(C(F)(F)F)cc2)c1=O. The van der Waals surface area contributed by atoms with Gasteiger partial charge in [0.2, 0.25) is 10.9 Å². The molecule has 0 aliphatic carbocycles. The molecule has 6 heteroatoms. The van der Waals surface area contributed by atoms with Gasteiger partial charge in [-0.3, -0.25) is 9.59 Å². The molecule has 0 atom stereocenters. The van der Waals surface area contributed by atoms with Crippen molar-refractivity contribution in [2.75, 3.05) is 5.32 Å². The minimum atomic E-state index is -4.39. The molecule has 0 radical (unpaired) electrons. The summed E-state index contributed by atoms with van der Waals surface area (Å²) in [6.07, 6.45) is -4.39. The standard InChI is InChI=1S/C11H6F3NO2/c12-11(13,14)6-1-3-7(4-2-6)15-8-5-9(16)10(8)17/h1-5,15H. The highest BCUT2D eigenvalue weighted by molar-refractivity contribution is 5.61. The predicted molar refractivity (Wildman–Crippen MR) is 56.1 cm³/mol. The number of rotatable bonds is 2. The van der Waals surface area contributed by atoms with Crippen LogP contribution in [0.15, 0.2) is 39.9 Å². The third-order valence-electron chi connectivity index (χ3n) is 2.24. The minimum Gasteiger partial charge on any atom is -0.352 e. The maximum absolute atomic E-state index is 12.2. The Kier molecular flexibility index (Phi) is 2.49. The van der Waals surface area contributed by atoms with Crippen LogP contribution in [0, 0.1) is 0 Å². The average Bonchev–Trinajstić information content (AvgIpc) is 2.28. The fourth-order valence-corrected chi connectivity index (χ4v) is 1.31. The van der Waals surface area contributed by atoms with Crippen LogP contribution in [0.3, 0.4) is 0 Å². The molecule has 2 rings (SSSR count). The molecule has 17 heavy (non-hydrogen) atoms. The predicted octanol–water partition coefficient (Wildman–Crippen LogP) is 2.04. The van der Waals surface area contributed by atoms with Crippen molar-refractivity contribution in [3.05, 3.63) is 56.3 Å². The van der Waals surface area contributed by atoms with E-state index in [2.05, 4.69) is 5.32 Å². The highest BCUT2D eigenvalue weighted by atomic mass is 19.4. The van der Waals surface area contributed by atoms with E-state index in [0.717, 1.165) is 18.2 Å². The van der Waals surface area contributed by atoms with Gasteiger partial charge >= 0.3 is 6.18 Å². The van der Waals surface area contributed by atoms with E-state index in [1.165, 1.54) is 12.1 Å². The highest BCUT2D eigenvalue weighted by Crippen LogP contribution is 2.30. The molecule has 0 fully saturated rings. The lowest BCUT2D eigenvalue weighted by atomic mass is 10.2. The topological polar surface area (TPSA) is 46.2 Å². The van der Waals surface area contributed by atoms with Gasteiger partial charge in [-0.2, -0.15) is 13.2 Å². The van der Waals surface area contributed by atoms with Gasteiger partial charge in [-0.1, -0.05) is 0 Å². The Labute approximate surface area is 93.2 Å². The van der Waals surface area contributed by atoms with Crippen molar-refractivity contribution >= 4 is 11.4 Å². The molecule has 0 aliphatic rings. The van der Waals surface area contributed by atoms with E-state index in [1.807, 2.05) is 0 Å². The smallest absolute Gasteiger partial charge is 0.352 e. The van der Waals surface area contributed by atoms with E-state index >= 15 is 0 Å². The summed E-state index contributed by atoms with van der Waals surface area (Å²) in [4.78, 5) is 21.5. The summed E-state index contributed by atoms with van der Waals surface area (Å²) in [5.74, 6) is 0. The first-order valence-corrected chi connectivity index (χ1v) is 4.62. The lowest BCUT2D eigenvalue weighted by Crippen LogP contribution is -2.31. The molecular formula is C11H6F3NO2. The monoisotopic (exact) mass is 241 g/mol. The molecule has 2 aromatic rings. The van der Waals surface area contributed by atoms with Crippen LogP contribution < -0.4 is 16.2 Å². The number of halogens is 3. The van der Waals surface area contributed by atoms with Crippen LogP contribution in [-0.4, -0.2) is 0 Å². The number of hydrogen-bond acceptors (Lipinski definition) is 3. The van der Waals surface area contributed by atoms with Crippen LogP contribution in [0.4, 0.5) is 24.5 Å². The first-order chi connectivity index (χ1) is 7.88. The van der Waals surface area contributed by atoms with E-state index in [4.69, 9.17) is 0 Å². The van der Waals surface area contributed by atoms with Crippen molar-refractivity contribution in [2.45, 2.75) is 6.18 Å². The molecule has 2 aromatic carbocycles. The van der Waals surface area contributed by atoms with Crippen LogP contribution >= 0.6 is 0 Å². The van der Waals surface area contributed by atoms with Crippen molar-refractivity contribution in [1.82, 2.24) is 0 Å². The molecule has 0 aromatic heterocycles. The zero-order chi connectivity index (χ0) is 12.6. The Hall–Kier alpha value is -2.11. The van der Waals surface area contributed by atoms with Crippen LogP contribution in [0.5, 0.6) is 0 Å². The van der Waals surface area contributed by atoms with Crippen molar-refractivity contribution in [3.63, 3.8) is 0 Å². The largest absolute Gasteiger partial charge is 0.416 e. The van der Waals surface area contributed by atoms with Gasteiger partial charge in [0.1, 0.15) is 0 Å². The van der Waals surface area contributed by atoms with Gasteiger partial charge in [-0.05, 0) is 24.3 Å². The number of hydrogen-bond donors (Lipinski definition) is 1. The minimum absolute atomic E-state index is 0.0924. The van der Waals surface area contributed by atoms with Gasteiger partial charge in [-0.25, -0.2) is 0 Å². The quantitative estimate of drug-likeness (QED) is 0.818. The number of alkyl halides is 3. The summed E-state index contributed by atoms with van der Waals surface area (Å²) in [5.41, 5.74) is -1.63. The molecule has 0 saturated heterocycles. The zero-order valence-corrected chi connectivity index (χ0v) is 8.34. The van der Waals surface area contributed by atoms with Crippen LogP contribution in [0.2, 0.25) is 0 Å². The average molecular weight is 241 g/mol. The Bertz CT molecular complexity index is 607. The number of benzene rings is 1. The molecule has 3 nitrogen and oxygen atoms in total. The van der Waals surface area contributed by atoms with Crippen molar-refractivity contribution in [2.24, 2.45) is 0 Å². The molecule has 0 heterocycles. The van der Waals surface area contributed by atoms with Gasteiger partial charge in [-0.15, -0.1) is 0 Å². The molecule has 0 bridgehead atoms. The lowest BCUT2D eigenvalue weighted by molar-refractivity contribution is -0.137. The molecular weight excluding hydrogens is 235 g/mol. The van der Waals surface area contributed by atoms with E-state index in [1.54, 1.807) is 0 Å². The Balaban J connectivity index is 2.18. The van der Waals surface area contributed by atoms with Gasteiger partial charge < -0.3 is 5.32 Å². The molecule has 0 unspecified atom stereocenters. The summed E-state index contributed by atoms with van der Waals surface area (Å²) >= 11 is 0. The maximum Gasteiger partial charge on any atom is 0.416 e. The molecule has 0 amide bonds. The first-order valence-electron chi connectivity index (χ1n) is 4.62. The molecule has 88 valence electrons. The number of nitrogens with one attached hydrogen (secondary N) is 1. The third kappa shape index (κ3) is 2.20. The van der Waals surface area contributed by atoms with E-state index in [0.29, 0.717) is 5.69 Å². The summed E-state index contributed by atoms with van der Waals surface area (Å²) in [6.45, 7) is 0. The molecule has 1 N–H and O–H groups in total. The second-order valence-corrected chi connectivity index (χ2v) is 3.45. The van der Waals surface area contributed by atoms with Crippen molar-refractivity contribution in [1.29, 1.82) is 0 Å². The van der Waals surface area contributed by atoms with E-state index in [-0.39, 0.29) is 5.69 Å². The fraction of sp³-hybridized carbons (Fsp3) is 0.0909. The fourth-order valence-electron chi connectivity index (χ4n) is 1.31. The maximum atomic E-state index is 12.2. The number of anilines is 2. The Morgan fingerprint density at radius 1 is 1.00 bits per heavy atom. The van der Waals surface area contributed by atoms with Crippen LogP contribution in [-0.2, 0) is 6.18 Å². The van der Waals surface area contributed by atoms with Gasteiger partial charge in [0, 0.05) is 11.8 Å². The lowest BCUT2D eigenvalue weighted by Gasteiger charge is -2.09. The molecule has 0 saturated carbocycles. The first kappa shape index (κ1) is 11.4. The summed E-state index contributed by atoms with van der Waals surface area (Å²) in [6, 6.07) is 5.28. The zero-order valence-electron chi connectivity index (χ0n) is 8.34. The van der Waals surface area contributed by atoms with E-state index < -0.39 is 22.6 Å². The van der Waals surface area contributed by atoms with Crippen LogP contribution in [0.1, 0.15) is 5.56 Å². The van der Waals surface area contributed by atoms with E-state index in [9.17, 15) is 22.8 Å². The van der Waals surface area contributed by atoms with Crippen LogP contribution in [0.25, 0.3) is 0 Å². The Morgan fingerprint density at radius 3 is 2.00 bits per heavy atom. The Morgan fingerprint density at radius 2 is 1.59 bits per heavy atom. The van der Waals surface area contributed by atoms with Crippen molar-refractivity contribution < 1.29 is 13.2 Å². The molecule has 0 spiro atoms. The van der Waals surface area contributed by atoms with Gasteiger partial charge in [0.05, 0.1) is 11.3 Å². The summed E-state index contributed by atoms with van der Waals surface area (Å²) in [7, 11) is 0. The third-order valence-corrected chi connectivity index (χ3v) is 2.24. The molecule has 0 aliphatic heterocycles. The summed E-state index contributed by atoms with van der Waals surface area (Å²) in [5, 5.41) is 2.56. The van der Waals surface area contributed by atoms with Crippen molar-refractivity contribution in [3.8, 4) is 0 Å². The normalized spacial score (nSPS) is 11.7. The second kappa shape index (κ2) is 3.73. The summed E-state index contributed by atoms with van der Waals surface area (Å²) < 4.78 is 36.7. The second-order valence-electron chi connectivity index (χ2n) is 3.45. The van der Waals surface area contributed by atoms with Gasteiger partial charge in [0.25, 0.3) is 0 Å².